The van der Waals surface area contributed by atoms with E-state index in [1.54, 1.807) is 18.2 Å². The number of carbonyl (C=O) groups is 3. The van der Waals surface area contributed by atoms with Crippen LogP contribution >= 0.6 is 11.6 Å². The van der Waals surface area contributed by atoms with Crippen molar-refractivity contribution in [3.8, 4) is 0 Å². The number of anilines is 1. The molecule has 4 heterocycles. The number of rotatable bonds is 6. The summed E-state index contributed by atoms with van der Waals surface area (Å²) in [6, 6.07) is 7.41. The second kappa shape index (κ2) is 13.0. The average Bonchev–Trinajstić information content (AvgIpc) is 3.51. The molecule has 12 heteroatoms. The zero-order chi connectivity index (χ0) is 32.7. The van der Waals surface area contributed by atoms with Gasteiger partial charge in [-0.2, -0.15) is 0 Å². The zero-order valence-corrected chi connectivity index (χ0v) is 26.9. The maximum atomic E-state index is 14.3. The van der Waals surface area contributed by atoms with Crippen LogP contribution in [-0.2, 0) is 11.3 Å². The van der Waals surface area contributed by atoms with Gasteiger partial charge in [0, 0.05) is 72.5 Å². The third kappa shape index (κ3) is 6.19. The first-order valence-corrected chi connectivity index (χ1v) is 15.9. The number of benzene rings is 2. The van der Waals surface area contributed by atoms with Gasteiger partial charge < -0.3 is 25.4 Å². The summed E-state index contributed by atoms with van der Waals surface area (Å²) < 4.78 is 28.5. The van der Waals surface area contributed by atoms with Gasteiger partial charge in [-0.1, -0.05) is 11.6 Å². The number of nitrogens with zero attached hydrogens (tertiary/aromatic N) is 3. The van der Waals surface area contributed by atoms with Crippen molar-refractivity contribution >= 4 is 46.7 Å². The van der Waals surface area contributed by atoms with E-state index in [9.17, 15) is 23.2 Å². The Hall–Kier alpha value is -4.06. The fourth-order valence-electron chi connectivity index (χ4n) is 6.67. The lowest BCUT2D eigenvalue weighted by atomic mass is 10.0. The van der Waals surface area contributed by atoms with Crippen molar-refractivity contribution in [3.63, 3.8) is 0 Å². The van der Waals surface area contributed by atoms with Crippen molar-refractivity contribution in [1.82, 2.24) is 25.0 Å². The number of piperazine rings is 1. The molecular weight excluding hydrogens is 614 g/mol. The number of H-pyrrole nitrogens is 1. The minimum Gasteiger partial charge on any atom is -0.358 e. The van der Waals surface area contributed by atoms with Crippen LogP contribution in [0.4, 0.5) is 14.5 Å². The highest BCUT2D eigenvalue weighted by molar-refractivity contribution is 6.35. The van der Waals surface area contributed by atoms with Gasteiger partial charge in [-0.05, 0) is 88.8 Å². The van der Waals surface area contributed by atoms with Crippen LogP contribution in [0.3, 0.4) is 0 Å². The van der Waals surface area contributed by atoms with Crippen molar-refractivity contribution in [2.24, 2.45) is 0 Å². The number of aromatic amines is 1. The Morgan fingerprint density at radius 1 is 1.04 bits per heavy atom. The first kappa shape index (κ1) is 31.9. The van der Waals surface area contributed by atoms with Gasteiger partial charge in [-0.15, -0.1) is 0 Å². The predicted octanol–water partition coefficient (Wildman–Crippen LogP) is 4.84. The minimum absolute atomic E-state index is 0.0262. The molecule has 9 nitrogen and oxygen atoms in total. The highest BCUT2D eigenvalue weighted by Crippen LogP contribution is 2.35. The summed E-state index contributed by atoms with van der Waals surface area (Å²) in [5, 5.41) is 5.09. The Morgan fingerprint density at radius 3 is 2.48 bits per heavy atom. The number of halogens is 3. The van der Waals surface area contributed by atoms with Crippen LogP contribution in [0.2, 0.25) is 5.02 Å². The molecule has 3 amide bonds. The molecule has 1 aromatic heterocycles. The number of fused-ring (bicyclic) bond motifs is 1. The Kier molecular flexibility index (Phi) is 9.00. The molecule has 0 aliphatic carbocycles. The molecule has 0 bridgehead atoms. The smallest absolute Gasteiger partial charge is 0.256 e. The number of carbonyl (C=O) groups excluding carboxylic acids is 3. The molecule has 3 aliphatic rings. The fourth-order valence-corrected chi connectivity index (χ4v) is 6.84. The highest BCUT2D eigenvalue weighted by Gasteiger charge is 2.31. The molecule has 3 aliphatic heterocycles. The number of likely N-dealkylation sites (tertiary alicyclic amines) is 1. The van der Waals surface area contributed by atoms with Crippen molar-refractivity contribution in [2.45, 2.75) is 39.3 Å². The number of nitrogens with one attached hydrogen (secondary N) is 3. The quantitative estimate of drug-likeness (QED) is 0.262. The Labute approximate surface area is 271 Å². The number of hydrogen-bond donors (Lipinski definition) is 3. The molecule has 0 spiro atoms. The van der Waals surface area contributed by atoms with E-state index >= 15 is 0 Å². The van der Waals surface area contributed by atoms with Gasteiger partial charge in [0.05, 0.1) is 16.2 Å². The lowest BCUT2D eigenvalue weighted by molar-refractivity contribution is -0.110. The summed E-state index contributed by atoms with van der Waals surface area (Å²) >= 11 is 5.77. The van der Waals surface area contributed by atoms with E-state index in [-0.39, 0.29) is 28.0 Å². The van der Waals surface area contributed by atoms with Crippen molar-refractivity contribution in [2.75, 3.05) is 51.6 Å². The summed E-state index contributed by atoms with van der Waals surface area (Å²) in [5.74, 6) is -2.70. The molecule has 2 saturated heterocycles. The maximum Gasteiger partial charge on any atom is 0.256 e. The molecular formula is C34H37ClF2N6O3. The zero-order valence-electron chi connectivity index (χ0n) is 26.1. The summed E-state index contributed by atoms with van der Waals surface area (Å²) in [6.45, 7) is 8.58. The van der Waals surface area contributed by atoms with Gasteiger partial charge in [-0.25, -0.2) is 8.78 Å². The number of hydrogen-bond acceptors (Lipinski definition) is 5. The normalized spacial score (nSPS) is 18.6. The third-order valence-corrected chi connectivity index (χ3v) is 9.71. The highest BCUT2D eigenvalue weighted by atomic mass is 35.5. The Balaban J connectivity index is 1.17. The van der Waals surface area contributed by atoms with E-state index in [1.807, 2.05) is 18.7 Å². The lowest BCUT2D eigenvalue weighted by Gasteiger charge is -2.42. The number of aromatic nitrogens is 1. The monoisotopic (exact) mass is 650 g/mol. The molecule has 242 valence electrons. The molecule has 0 atom stereocenters. The van der Waals surface area contributed by atoms with Crippen LogP contribution in [0, 0.1) is 25.5 Å². The topological polar surface area (TPSA) is 101 Å². The second-order valence-electron chi connectivity index (χ2n) is 12.3. The largest absolute Gasteiger partial charge is 0.358 e. The van der Waals surface area contributed by atoms with E-state index in [2.05, 4.69) is 32.5 Å². The molecule has 3 N–H and O–H groups in total. The van der Waals surface area contributed by atoms with Gasteiger partial charge >= 0.3 is 0 Å². The SMILES string of the molecule is Cc1[nH]c(C=C2C(=O)Nc3ccc(C(=O)NCc4c(F)ccc(Cl)c4F)cc32)c(C)c1C(=O)N1CCN(C2CCN(C)CC2)CC1. The van der Waals surface area contributed by atoms with Crippen LogP contribution in [-0.4, -0.2) is 89.8 Å². The number of piperidine rings is 1. The maximum absolute atomic E-state index is 14.3. The van der Waals surface area contributed by atoms with E-state index < -0.39 is 24.1 Å². The first-order valence-electron chi connectivity index (χ1n) is 15.5. The molecule has 46 heavy (non-hydrogen) atoms. The van der Waals surface area contributed by atoms with Gasteiger partial charge in [-0.3, -0.25) is 19.3 Å². The standard InChI is InChI=1S/C34H37ClF2N6O3/c1-19-29(39-20(2)30(19)34(46)43-14-12-42(13-15-43)22-8-10-41(3)11-9-22)17-24-23-16-21(4-7-28(23)40-33(24)45)32(44)38-18-25-27(36)6-5-26(35)31(25)37/h4-7,16-17,22,39H,8-15,18H2,1-3H3,(H,38,44)(H,40,45). The molecule has 6 rings (SSSR count). The van der Waals surface area contributed by atoms with Crippen LogP contribution in [0.1, 0.15) is 61.6 Å². The van der Waals surface area contributed by atoms with E-state index in [0.717, 1.165) is 62.4 Å². The number of amides is 3. The van der Waals surface area contributed by atoms with Gasteiger partial charge in [0.25, 0.3) is 17.7 Å². The van der Waals surface area contributed by atoms with Crippen LogP contribution < -0.4 is 10.6 Å². The molecule has 3 aromatic rings. The average molecular weight is 651 g/mol. The Bertz CT molecular complexity index is 1740. The molecule has 2 aromatic carbocycles. The Morgan fingerprint density at radius 2 is 1.76 bits per heavy atom. The van der Waals surface area contributed by atoms with Crippen LogP contribution in [0.15, 0.2) is 30.3 Å². The van der Waals surface area contributed by atoms with Crippen molar-refractivity contribution < 1.29 is 23.2 Å². The summed E-state index contributed by atoms with van der Waals surface area (Å²) in [7, 11) is 2.16. The van der Waals surface area contributed by atoms with Crippen molar-refractivity contribution in [3.05, 3.63) is 86.2 Å². The summed E-state index contributed by atoms with van der Waals surface area (Å²) in [4.78, 5) is 49.8. The van der Waals surface area contributed by atoms with Gasteiger partial charge in [0.1, 0.15) is 11.6 Å². The second-order valence-corrected chi connectivity index (χ2v) is 12.7. The van der Waals surface area contributed by atoms with Gasteiger partial charge in [0.2, 0.25) is 0 Å². The lowest BCUT2D eigenvalue weighted by Crippen LogP contribution is -2.54. The van der Waals surface area contributed by atoms with E-state index in [0.29, 0.717) is 47.2 Å². The summed E-state index contributed by atoms with van der Waals surface area (Å²) in [5.41, 5.74) is 3.92. The molecule has 2 fully saturated rings. The number of aryl methyl sites for hydroxylation is 1. The van der Waals surface area contributed by atoms with Crippen LogP contribution in [0.25, 0.3) is 11.6 Å². The minimum atomic E-state index is -0.930. The molecule has 0 radical (unpaired) electrons. The predicted molar refractivity (Wildman–Crippen MR) is 174 cm³/mol. The van der Waals surface area contributed by atoms with E-state index in [1.165, 1.54) is 6.07 Å². The molecule has 0 saturated carbocycles. The molecule has 0 unspecified atom stereocenters. The fraction of sp³-hybridized carbons (Fsp3) is 0.382. The van der Waals surface area contributed by atoms with E-state index in [4.69, 9.17) is 11.6 Å². The summed E-state index contributed by atoms with van der Waals surface area (Å²) in [6.07, 6.45) is 4.01. The third-order valence-electron chi connectivity index (χ3n) is 9.41. The van der Waals surface area contributed by atoms with Crippen LogP contribution in [0.5, 0.6) is 0 Å². The van der Waals surface area contributed by atoms with Crippen molar-refractivity contribution in [1.29, 1.82) is 0 Å². The first-order chi connectivity index (χ1) is 22.0. The van der Waals surface area contributed by atoms with Gasteiger partial charge in [0.15, 0.2) is 0 Å².